The zero-order chi connectivity index (χ0) is 29.6. The van der Waals surface area contributed by atoms with Crippen LogP contribution in [-0.4, -0.2) is 72.8 Å². The van der Waals surface area contributed by atoms with Crippen molar-refractivity contribution in [3.63, 3.8) is 0 Å². The number of carbonyl (C=O) groups is 1. The van der Waals surface area contributed by atoms with Crippen LogP contribution in [0.25, 0.3) is 22.2 Å². The molecule has 0 spiro atoms. The second kappa shape index (κ2) is 10.8. The van der Waals surface area contributed by atoms with E-state index in [1.165, 1.54) is 11.3 Å². The first-order valence-corrected chi connectivity index (χ1v) is 14.5. The van der Waals surface area contributed by atoms with E-state index in [1.54, 1.807) is 6.20 Å². The number of fused-ring (bicyclic) bond motifs is 1. The standard InChI is InChI=1S/C31H36F3N7O/c1-20(39-8-10-40(11-9-39)29(42)16-31(32,33)34)21-6-7-35-25(12-21)14-28-37-26-5-4-22(13-27(26)38-28)23-17-36-41(18-23)19-24-15-30(24,2)3/h4-7,12-13,17-18,20,24H,8-11,14-16,19H2,1-3H3,(H,37,38)/t20?,24-/m0/s1. The number of amides is 1. The van der Waals surface area contributed by atoms with Gasteiger partial charge in [-0.1, -0.05) is 19.9 Å². The Morgan fingerprint density at radius 2 is 1.88 bits per heavy atom. The van der Waals surface area contributed by atoms with Gasteiger partial charge in [0.25, 0.3) is 0 Å². The van der Waals surface area contributed by atoms with Crippen molar-refractivity contribution in [3.05, 3.63) is 66.0 Å². The minimum Gasteiger partial charge on any atom is -0.342 e. The molecule has 1 saturated heterocycles. The number of imidazole rings is 1. The first-order valence-electron chi connectivity index (χ1n) is 14.5. The molecule has 8 nitrogen and oxygen atoms in total. The second-order valence-corrected chi connectivity index (χ2v) is 12.4. The van der Waals surface area contributed by atoms with Gasteiger partial charge in [0.05, 0.1) is 17.2 Å². The van der Waals surface area contributed by atoms with Gasteiger partial charge in [-0.3, -0.25) is 19.4 Å². The molecule has 0 bridgehead atoms. The van der Waals surface area contributed by atoms with Crippen LogP contribution < -0.4 is 0 Å². The van der Waals surface area contributed by atoms with Crippen LogP contribution in [0.15, 0.2) is 48.9 Å². The summed E-state index contributed by atoms with van der Waals surface area (Å²) >= 11 is 0. The largest absolute Gasteiger partial charge is 0.397 e. The van der Waals surface area contributed by atoms with Gasteiger partial charge in [0.1, 0.15) is 12.2 Å². The molecule has 1 N–H and O–H groups in total. The van der Waals surface area contributed by atoms with Crippen molar-refractivity contribution in [2.45, 2.75) is 58.8 Å². The Balaban J connectivity index is 1.09. The molecule has 1 aliphatic heterocycles. The molecule has 11 heteroatoms. The first kappa shape index (κ1) is 28.4. The van der Waals surface area contributed by atoms with E-state index < -0.39 is 18.5 Å². The molecule has 42 heavy (non-hydrogen) atoms. The van der Waals surface area contributed by atoms with Gasteiger partial charge in [-0.05, 0) is 60.1 Å². The van der Waals surface area contributed by atoms with Gasteiger partial charge >= 0.3 is 6.18 Å². The third-order valence-electron chi connectivity index (χ3n) is 8.86. The lowest BCUT2D eigenvalue weighted by Crippen LogP contribution is -2.50. The summed E-state index contributed by atoms with van der Waals surface area (Å²) < 4.78 is 39.9. The van der Waals surface area contributed by atoms with Gasteiger partial charge < -0.3 is 9.88 Å². The Morgan fingerprint density at radius 3 is 2.60 bits per heavy atom. The topological polar surface area (TPSA) is 82.9 Å². The van der Waals surface area contributed by atoms with E-state index in [-0.39, 0.29) is 19.1 Å². The summed E-state index contributed by atoms with van der Waals surface area (Å²) in [5.74, 6) is 0.653. The molecule has 1 saturated carbocycles. The SMILES string of the molecule is CC(c1ccnc(Cc2nc3ccc(-c4cnn(C[C@@H]5CC5(C)C)c4)cc3[nH]2)c1)N1CCN(C(=O)CC(F)(F)F)CC1. The molecule has 1 aliphatic carbocycles. The number of hydrogen-bond acceptors (Lipinski definition) is 5. The quantitative estimate of drug-likeness (QED) is 0.293. The Morgan fingerprint density at radius 1 is 1.12 bits per heavy atom. The molecule has 3 aromatic heterocycles. The molecule has 2 fully saturated rings. The number of hydrogen-bond donors (Lipinski definition) is 1. The van der Waals surface area contributed by atoms with Crippen LogP contribution in [0.1, 0.15) is 56.7 Å². The highest BCUT2D eigenvalue weighted by Gasteiger charge is 2.45. The van der Waals surface area contributed by atoms with Crippen LogP contribution in [-0.2, 0) is 17.8 Å². The summed E-state index contributed by atoms with van der Waals surface area (Å²) in [6, 6.07) is 10.3. The number of nitrogens with zero attached hydrogens (tertiary/aromatic N) is 6. The number of benzene rings is 1. The fourth-order valence-corrected chi connectivity index (χ4v) is 5.93. The van der Waals surface area contributed by atoms with Crippen molar-refractivity contribution in [3.8, 4) is 11.1 Å². The fraction of sp³-hybridized carbons (Fsp3) is 0.484. The Hall–Kier alpha value is -3.73. The minimum atomic E-state index is -4.48. The average molecular weight is 580 g/mol. The summed E-state index contributed by atoms with van der Waals surface area (Å²) in [5.41, 5.74) is 6.39. The predicted octanol–water partition coefficient (Wildman–Crippen LogP) is 5.62. The van der Waals surface area contributed by atoms with Crippen molar-refractivity contribution in [2.24, 2.45) is 11.3 Å². The van der Waals surface area contributed by atoms with Gasteiger partial charge in [-0.2, -0.15) is 18.3 Å². The molecule has 222 valence electrons. The van der Waals surface area contributed by atoms with Gasteiger partial charge in [-0.15, -0.1) is 0 Å². The van der Waals surface area contributed by atoms with E-state index in [1.807, 2.05) is 23.0 Å². The Labute approximate surface area is 242 Å². The van der Waals surface area contributed by atoms with Crippen LogP contribution in [0.2, 0.25) is 0 Å². The van der Waals surface area contributed by atoms with E-state index in [9.17, 15) is 18.0 Å². The maximum Gasteiger partial charge on any atom is 0.397 e. The monoisotopic (exact) mass is 579 g/mol. The maximum atomic E-state index is 12.6. The number of halogens is 3. The highest BCUT2D eigenvalue weighted by molar-refractivity contribution is 5.81. The van der Waals surface area contributed by atoms with Crippen molar-refractivity contribution in [1.29, 1.82) is 0 Å². The van der Waals surface area contributed by atoms with Gasteiger partial charge in [0, 0.05) is 68.8 Å². The zero-order valence-corrected chi connectivity index (χ0v) is 24.2. The van der Waals surface area contributed by atoms with E-state index >= 15 is 0 Å². The average Bonchev–Trinajstić information content (AvgIpc) is 3.27. The number of piperazine rings is 1. The lowest BCUT2D eigenvalue weighted by atomic mass is 10.1. The molecule has 0 radical (unpaired) electrons. The lowest BCUT2D eigenvalue weighted by molar-refractivity contribution is -0.162. The second-order valence-electron chi connectivity index (χ2n) is 12.4. The van der Waals surface area contributed by atoms with Crippen molar-refractivity contribution < 1.29 is 18.0 Å². The number of aromatic nitrogens is 5. The van der Waals surface area contributed by atoms with Gasteiger partial charge in [-0.25, -0.2) is 4.98 Å². The number of pyridine rings is 1. The van der Waals surface area contributed by atoms with Gasteiger partial charge in [0.15, 0.2) is 0 Å². The normalized spacial score (nSPS) is 19.8. The fourth-order valence-electron chi connectivity index (χ4n) is 5.93. The van der Waals surface area contributed by atoms with Crippen LogP contribution >= 0.6 is 0 Å². The summed E-state index contributed by atoms with van der Waals surface area (Å²) in [5, 5.41) is 4.58. The molecule has 4 heterocycles. The number of H-pyrrole nitrogens is 1. The number of aromatic amines is 1. The van der Waals surface area contributed by atoms with E-state index in [0.717, 1.165) is 45.8 Å². The minimum absolute atomic E-state index is 0.0387. The summed E-state index contributed by atoms with van der Waals surface area (Å²) in [7, 11) is 0. The van der Waals surface area contributed by atoms with Crippen LogP contribution in [0.5, 0.6) is 0 Å². The summed E-state index contributed by atoms with van der Waals surface area (Å²) in [6.45, 7) is 9.25. The smallest absolute Gasteiger partial charge is 0.342 e. The lowest BCUT2D eigenvalue weighted by Gasteiger charge is -2.38. The third-order valence-corrected chi connectivity index (χ3v) is 8.86. The van der Waals surface area contributed by atoms with Crippen molar-refractivity contribution in [2.75, 3.05) is 26.2 Å². The van der Waals surface area contributed by atoms with Crippen molar-refractivity contribution in [1.82, 2.24) is 34.5 Å². The molecule has 2 aliphatic rings. The van der Waals surface area contributed by atoms with Gasteiger partial charge in [0.2, 0.25) is 5.91 Å². The Bertz CT molecular complexity index is 1580. The number of rotatable bonds is 8. The molecule has 4 aromatic rings. The van der Waals surface area contributed by atoms with E-state index in [2.05, 4.69) is 65.1 Å². The van der Waals surface area contributed by atoms with Crippen molar-refractivity contribution >= 4 is 16.9 Å². The van der Waals surface area contributed by atoms with E-state index in [4.69, 9.17) is 4.98 Å². The van der Waals surface area contributed by atoms with Crippen LogP contribution in [0, 0.1) is 11.3 Å². The molecule has 1 unspecified atom stereocenters. The zero-order valence-electron chi connectivity index (χ0n) is 24.2. The highest BCUT2D eigenvalue weighted by Crippen LogP contribution is 2.52. The molecular weight excluding hydrogens is 543 g/mol. The molecule has 1 amide bonds. The first-order chi connectivity index (χ1) is 19.9. The maximum absolute atomic E-state index is 12.6. The summed E-state index contributed by atoms with van der Waals surface area (Å²) in [6.07, 6.45) is 1.73. The molecular formula is C31H36F3N7O. The third kappa shape index (κ3) is 6.35. The van der Waals surface area contributed by atoms with Crippen LogP contribution in [0.3, 0.4) is 0 Å². The van der Waals surface area contributed by atoms with E-state index in [0.29, 0.717) is 30.8 Å². The summed E-state index contributed by atoms with van der Waals surface area (Å²) in [4.78, 5) is 28.2. The molecule has 1 aromatic carbocycles. The number of alkyl halides is 3. The number of nitrogens with one attached hydrogen (secondary N) is 1. The Kier molecular flexibility index (Phi) is 7.32. The molecule has 6 rings (SSSR count). The predicted molar refractivity (Wildman–Crippen MR) is 153 cm³/mol. The highest BCUT2D eigenvalue weighted by atomic mass is 19.4. The molecule has 2 atom stereocenters. The van der Waals surface area contributed by atoms with Crippen LogP contribution in [0.4, 0.5) is 13.2 Å². The number of carbonyl (C=O) groups excluding carboxylic acids is 1.